The molecule has 0 unspecified atom stereocenters. The normalized spacial score (nSPS) is 24.8. The van der Waals surface area contributed by atoms with Crippen LogP contribution < -0.4 is 5.73 Å². The van der Waals surface area contributed by atoms with Crippen LogP contribution in [0.3, 0.4) is 0 Å². The fourth-order valence-electron chi connectivity index (χ4n) is 1.76. The maximum absolute atomic E-state index is 5.69. The summed E-state index contributed by atoms with van der Waals surface area (Å²) < 4.78 is 5.13. The first kappa shape index (κ1) is 11.0. The molecule has 2 N–H and O–H groups in total. The summed E-state index contributed by atoms with van der Waals surface area (Å²) in [6.45, 7) is 1.86. The minimum absolute atomic E-state index is 0.161. The van der Waals surface area contributed by atoms with Crippen LogP contribution in [0.15, 0.2) is 4.52 Å². The summed E-state index contributed by atoms with van der Waals surface area (Å²) in [4.78, 5) is 4.36. The van der Waals surface area contributed by atoms with Crippen molar-refractivity contribution in [1.82, 2.24) is 10.1 Å². The standard InChI is InChI=1S/C10H17N3OS/c1-7(11)10-12-9(13-14-10)8-3-2-5-15-6-4-8/h7-8H,2-6,11H2,1H3/t7-,8-/m1/s1. The van der Waals surface area contributed by atoms with Crippen molar-refractivity contribution in [1.29, 1.82) is 0 Å². The molecule has 0 bridgehead atoms. The summed E-state index contributed by atoms with van der Waals surface area (Å²) in [5, 5.41) is 4.03. The molecular weight excluding hydrogens is 210 g/mol. The van der Waals surface area contributed by atoms with Gasteiger partial charge < -0.3 is 10.3 Å². The van der Waals surface area contributed by atoms with Gasteiger partial charge in [-0.2, -0.15) is 16.7 Å². The average molecular weight is 227 g/mol. The third kappa shape index (κ3) is 2.72. The number of nitrogens with two attached hydrogens (primary N) is 1. The third-order valence-corrected chi connectivity index (χ3v) is 3.77. The van der Waals surface area contributed by atoms with Crippen molar-refractivity contribution in [2.24, 2.45) is 5.73 Å². The number of hydrogen-bond donors (Lipinski definition) is 1. The lowest BCUT2D eigenvalue weighted by Crippen LogP contribution is -2.06. The quantitative estimate of drug-likeness (QED) is 0.838. The highest BCUT2D eigenvalue weighted by atomic mass is 32.2. The van der Waals surface area contributed by atoms with Crippen LogP contribution in [-0.4, -0.2) is 21.6 Å². The molecular formula is C10H17N3OS. The zero-order valence-corrected chi connectivity index (χ0v) is 9.80. The van der Waals surface area contributed by atoms with Crippen molar-refractivity contribution < 1.29 is 4.52 Å². The van der Waals surface area contributed by atoms with Gasteiger partial charge in [0.25, 0.3) is 0 Å². The van der Waals surface area contributed by atoms with Crippen LogP contribution in [0.4, 0.5) is 0 Å². The third-order valence-electron chi connectivity index (χ3n) is 2.66. The summed E-state index contributed by atoms with van der Waals surface area (Å²) in [7, 11) is 0. The molecule has 0 amide bonds. The molecule has 84 valence electrons. The van der Waals surface area contributed by atoms with Gasteiger partial charge in [0, 0.05) is 5.92 Å². The predicted molar refractivity (Wildman–Crippen MR) is 60.8 cm³/mol. The van der Waals surface area contributed by atoms with Gasteiger partial charge in [0.15, 0.2) is 5.82 Å². The topological polar surface area (TPSA) is 64.9 Å². The van der Waals surface area contributed by atoms with Gasteiger partial charge in [-0.25, -0.2) is 0 Å². The smallest absolute Gasteiger partial charge is 0.243 e. The van der Waals surface area contributed by atoms with Gasteiger partial charge in [-0.05, 0) is 37.7 Å². The summed E-state index contributed by atoms with van der Waals surface area (Å²) in [5.74, 6) is 4.34. The van der Waals surface area contributed by atoms with E-state index in [2.05, 4.69) is 10.1 Å². The van der Waals surface area contributed by atoms with Crippen LogP contribution in [0.1, 0.15) is 49.9 Å². The maximum atomic E-state index is 5.69. The molecule has 0 saturated carbocycles. The Kier molecular flexibility index (Phi) is 3.64. The number of rotatable bonds is 2. The van der Waals surface area contributed by atoms with E-state index >= 15 is 0 Å². The van der Waals surface area contributed by atoms with Crippen molar-refractivity contribution in [3.05, 3.63) is 11.7 Å². The Morgan fingerprint density at radius 3 is 3.07 bits per heavy atom. The van der Waals surface area contributed by atoms with Gasteiger partial charge >= 0.3 is 0 Å². The number of nitrogens with zero attached hydrogens (tertiary/aromatic N) is 2. The lowest BCUT2D eigenvalue weighted by molar-refractivity contribution is 0.353. The van der Waals surface area contributed by atoms with Crippen molar-refractivity contribution >= 4 is 11.8 Å². The van der Waals surface area contributed by atoms with Crippen molar-refractivity contribution in [2.75, 3.05) is 11.5 Å². The highest BCUT2D eigenvalue weighted by Gasteiger charge is 2.20. The first-order valence-corrected chi connectivity index (χ1v) is 6.59. The van der Waals surface area contributed by atoms with Crippen molar-refractivity contribution in [3.8, 4) is 0 Å². The van der Waals surface area contributed by atoms with Gasteiger partial charge in [-0.3, -0.25) is 0 Å². The fraction of sp³-hybridized carbons (Fsp3) is 0.800. The molecule has 2 rings (SSSR count). The molecule has 1 saturated heterocycles. The molecule has 2 heterocycles. The van der Waals surface area contributed by atoms with E-state index in [9.17, 15) is 0 Å². The van der Waals surface area contributed by atoms with Crippen LogP contribution in [0.5, 0.6) is 0 Å². The van der Waals surface area contributed by atoms with Crippen molar-refractivity contribution in [2.45, 2.75) is 38.1 Å². The molecule has 1 aromatic heterocycles. The summed E-state index contributed by atoms with van der Waals surface area (Å²) in [5.41, 5.74) is 5.69. The molecule has 4 nitrogen and oxygen atoms in total. The van der Waals surface area contributed by atoms with E-state index in [1.807, 2.05) is 18.7 Å². The zero-order valence-electron chi connectivity index (χ0n) is 8.98. The maximum Gasteiger partial charge on any atom is 0.243 e. The Labute approximate surface area is 94.0 Å². The lowest BCUT2D eigenvalue weighted by Gasteiger charge is -2.06. The van der Waals surface area contributed by atoms with E-state index in [1.54, 1.807) is 0 Å². The first-order chi connectivity index (χ1) is 7.27. The second-order valence-electron chi connectivity index (χ2n) is 4.02. The first-order valence-electron chi connectivity index (χ1n) is 5.44. The van der Waals surface area contributed by atoms with E-state index in [-0.39, 0.29) is 6.04 Å². The van der Waals surface area contributed by atoms with Crippen LogP contribution in [-0.2, 0) is 0 Å². The van der Waals surface area contributed by atoms with Gasteiger partial charge in [-0.1, -0.05) is 5.16 Å². The second kappa shape index (κ2) is 4.99. The Morgan fingerprint density at radius 2 is 2.33 bits per heavy atom. The summed E-state index contributed by atoms with van der Waals surface area (Å²) in [6, 6.07) is -0.161. The molecule has 0 spiro atoms. The largest absolute Gasteiger partial charge is 0.338 e. The van der Waals surface area contributed by atoms with Gasteiger partial charge in [0.1, 0.15) is 0 Å². The molecule has 1 aliphatic heterocycles. The van der Waals surface area contributed by atoms with E-state index in [1.165, 1.54) is 24.3 Å². The van der Waals surface area contributed by atoms with E-state index in [0.29, 0.717) is 11.8 Å². The van der Waals surface area contributed by atoms with Gasteiger partial charge in [-0.15, -0.1) is 0 Å². The minimum Gasteiger partial charge on any atom is -0.338 e. The summed E-state index contributed by atoms with van der Waals surface area (Å²) in [6.07, 6.45) is 3.57. The predicted octanol–water partition coefficient (Wildman–Crippen LogP) is 2.09. The molecule has 0 aromatic carbocycles. The monoisotopic (exact) mass is 227 g/mol. The van der Waals surface area contributed by atoms with E-state index in [0.717, 1.165) is 12.2 Å². The number of hydrogen-bond acceptors (Lipinski definition) is 5. The van der Waals surface area contributed by atoms with Crippen molar-refractivity contribution in [3.63, 3.8) is 0 Å². The number of aromatic nitrogens is 2. The number of thioether (sulfide) groups is 1. The highest BCUT2D eigenvalue weighted by Crippen LogP contribution is 2.29. The average Bonchev–Trinajstić information content (AvgIpc) is 2.55. The zero-order chi connectivity index (χ0) is 10.7. The Balaban J connectivity index is 2.06. The van der Waals surface area contributed by atoms with E-state index in [4.69, 9.17) is 10.3 Å². The molecule has 2 atom stereocenters. The lowest BCUT2D eigenvalue weighted by atomic mass is 10.0. The van der Waals surface area contributed by atoms with Gasteiger partial charge in [0.05, 0.1) is 6.04 Å². The second-order valence-corrected chi connectivity index (χ2v) is 5.24. The molecule has 15 heavy (non-hydrogen) atoms. The van der Waals surface area contributed by atoms with Crippen LogP contribution in [0.25, 0.3) is 0 Å². The SMILES string of the molecule is C[C@@H](N)c1nc([C@@H]2CCCSCC2)no1. The molecule has 0 radical (unpaired) electrons. The molecule has 1 aliphatic rings. The fourth-order valence-corrected chi connectivity index (χ4v) is 2.79. The van der Waals surface area contributed by atoms with E-state index < -0.39 is 0 Å². The Bertz CT molecular complexity index is 305. The van der Waals surface area contributed by atoms with Crippen LogP contribution in [0.2, 0.25) is 0 Å². The molecule has 1 fully saturated rings. The summed E-state index contributed by atoms with van der Waals surface area (Å²) >= 11 is 2.02. The minimum atomic E-state index is -0.161. The van der Waals surface area contributed by atoms with Crippen LogP contribution >= 0.6 is 11.8 Å². The highest BCUT2D eigenvalue weighted by molar-refractivity contribution is 7.99. The van der Waals surface area contributed by atoms with Crippen LogP contribution in [0, 0.1) is 0 Å². The Morgan fingerprint density at radius 1 is 1.47 bits per heavy atom. The molecule has 0 aliphatic carbocycles. The Hall–Kier alpha value is -0.550. The van der Waals surface area contributed by atoms with Gasteiger partial charge in [0.2, 0.25) is 5.89 Å². The molecule has 5 heteroatoms. The molecule has 1 aromatic rings.